The average Bonchev–Trinajstić information content (AvgIpc) is 2.92. The molecule has 4 rings (SSSR count). The highest BCUT2D eigenvalue weighted by atomic mass is 16.5. The molecule has 0 bridgehead atoms. The van der Waals surface area contributed by atoms with E-state index in [1.807, 2.05) is 36.4 Å². The molecule has 4 aromatic rings. The fourth-order valence-electron chi connectivity index (χ4n) is 4.56. The first kappa shape index (κ1) is 24.1. The minimum absolute atomic E-state index is 0.286. The number of methoxy groups -OCH3 is 6. The van der Waals surface area contributed by atoms with Gasteiger partial charge in [0, 0.05) is 29.2 Å². The summed E-state index contributed by atoms with van der Waals surface area (Å²) in [6.07, 6.45) is 0. The standard InChI is InChI=1S/C29H30O6/c1-30-23-16-27(34-5)25(32-3)14-21(23)29(20-13-9-11-18-10-7-8-12-19(18)20)22-15-26(33-4)28(35-6)17-24(22)31-2/h7-17,29H,1-6H3. The van der Waals surface area contributed by atoms with Crippen molar-refractivity contribution in [2.75, 3.05) is 42.7 Å². The highest BCUT2D eigenvalue weighted by Crippen LogP contribution is 2.49. The fraction of sp³-hybridized carbons (Fsp3) is 0.241. The summed E-state index contributed by atoms with van der Waals surface area (Å²) in [4.78, 5) is 0. The lowest BCUT2D eigenvalue weighted by Crippen LogP contribution is -2.09. The Bertz CT molecular complexity index is 1260. The maximum absolute atomic E-state index is 5.87. The van der Waals surface area contributed by atoms with Gasteiger partial charge in [-0.25, -0.2) is 0 Å². The zero-order chi connectivity index (χ0) is 24.9. The number of rotatable bonds is 9. The van der Waals surface area contributed by atoms with Crippen molar-refractivity contribution in [2.24, 2.45) is 0 Å². The summed E-state index contributed by atoms with van der Waals surface area (Å²) in [5.74, 6) is 3.43. The van der Waals surface area contributed by atoms with Crippen molar-refractivity contribution in [1.29, 1.82) is 0 Å². The third kappa shape index (κ3) is 4.39. The highest BCUT2D eigenvalue weighted by molar-refractivity contribution is 5.87. The highest BCUT2D eigenvalue weighted by Gasteiger charge is 2.29. The fourth-order valence-corrected chi connectivity index (χ4v) is 4.56. The second-order valence-corrected chi connectivity index (χ2v) is 7.90. The molecule has 0 radical (unpaired) electrons. The van der Waals surface area contributed by atoms with E-state index < -0.39 is 0 Å². The number of hydrogen-bond donors (Lipinski definition) is 0. The molecule has 0 amide bonds. The van der Waals surface area contributed by atoms with Gasteiger partial charge in [-0.1, -0.05) is 42.5 Å². The van der Waals surface area contributed by atoms with Gasteiger partial charge in [0.1, 0.15) is 11.5 Å². The van der Waals surface area contributed by atoms with Gasteiger partial charge in [-0.15, -0.1) is 0 Å². The largest absolute Gasteiger partial charge is 0.496 e. The molecule has 0 unspecified atom stereocenters. The van der Waals surface area contributed by atoms with Crippen LogP contribution in [0.2, 0.25) is 0 Å². The van der Waals surface area contributed by atoms with Crippen LogP contribution in [-0.4, -0.2) is 42.7 Å². The zero-order valence-electron chi connectivity index (χ0n) is 20.9. The number of fused-ring (bicyclic) bond motifs is 1. The van der Waals surface area contributed by atoms with E-state index in [1.54, 1.807) is 42.7 Å². The van der Waals surface area contributed by atoms with Gasteiger partial charge in [0.2, 0.25) is 0 Å². The Labute approximate surface area is 205 Å². The Morgan fingerprint density at radius 3 is 1.34 bits per heavy atom. The smallest absolute Gasteiger partial charge is 0.164 e. The van der Waals surface area contributed by atoms with Crippen LogP contribution in [0.25, 0.3) is 10.8 Å². The number of ether oxygens (including phenoxy) is 6. The Morgan fingerprint density at radius 2 is 0.857 bits per heavy atom. The monoisotopic (exact) mass is 474 g/mol. The molecule has 0 heterocycles. The Kier molecular flexibility index (Phi) is 7.20. The van der Waals surface area contributed by atoms with Gasteiger partial charge >= 0.3 is 0 Å². The van der Waals surface area contributed by atoms with E-state index in [0.29, 0.717) is 34.5 Å². The molecule has 35 heavy (non-hydrogen) atoms. The summed E-state index contributed by atoms with van der Waals surface area (Å²) < 4.78 is 34.1. The number of hydrogen-bond acceptors (Lipinski definition) is 6. The first-order valence-electron chi connectivity index (χ1n) is 11.2. The zero-order valence-corrected chi connectivity index (χ0v) is 20.9. The van der Waals surface area contributed by atoms with Gasteiger partial charge in [-0.3, -0.25) is 0 Å². The van der Waals surface area contributed by atoms with E-state index in [-0.39, 0.29) is 5.92 Å². The van der Waals surface area contributed by atoms with E-state index in [4.69, 9.17) is 28.4 Å². The van der Waals surface area contributed by atoms with Crippen molar-refractivity contribution in [3.05, 3.63) is 83.4 Å². The second-order valence-electron chi connectivity index (χ2n) is 7.90. The van der Waals surface area contributed by atoms with Crippen LogP contribution >= 0.6 is 0 Å². The van der Waals surface area contributed by atoms with Crippen LogP contribution in [-0.2, 0) is 0 Å². The predicted octanol–water partition coefficient (Wildman–Crippen LogP) is 6.07. The van der Waals surface area contributed by atoms with E-state index in [2.05, 4.69) is 30.3 Å². The van der Waals surface area contributed by atoms with E-state index >= 15 is 0 Å². The molecule has 0 atom stereocenters. The second kappa shape index (κ2) is 10.5. The number of benzene rings is 4. The molecule has 0 spiro atoms. The molecular formula is C29H30O6. The van der Waals surface area contributed by atoms with Gasteiger partial charge < -0.3 is 28.4 Å². The minimum Gasteiger partial charge on any atom is -0.496 e. The summed E-state index contributed by atoms with van der Waals surface area (Å²) in [6.45, 7) is 0. The first-order chi connectivity index (χ1) is 17.1. The summed E-state index contributed by atoms with van der Waals surface area (Å²) in [7, 11) is 9.76. The Hall–Kier alpha value is -4.06. The molecule has 0 aliphatic carbocycles. The topological polar surface area (TPSA) is 55.4 Å². The predicted molar refractivity (Wildman–Crippen MR) is 137 cm³/mol. The molecule has 0 saturated heterocycles. The van der Waals surface area contributed by atoms with Gasteiger partial charge in [0.05, 0.1) is 42.7 Å². The van der Waals surface area contributed by atoms with Crippen LogP contribution in [0.5, 0.6) is 34.5 Å². The summed E-state index contributed by atoms with van der Waals surface area (Å²) in [5, 5.41) is 2.25. The average molecular weight is 475 g/mol. The molecule has 0 N–H and O–H groups in total. The lowest BCUT2D eigenvalue weighted by molar-refractivity contribution is 0.345. The normalized spacial score (nSPS) is 10.8. The van der Waals surface area contributed by atoms with Crippen LogP contribution < -0.4 is 28.4 Å². The van der Waals surface area contributed by atoms with Crippen molar-refractivity contribution in [1.82, 2.24) is 0 Å². The van der Waals surface area contributed by atoms with Crippen LogP contribution in [0.1, 0.15) is 22.6 Å². The third-order valence-electron chi connectivity index (χ3n) is 6.23. The van der Waals surface area contributed by atoms with Crippen molar-refractivity contribution in [3.63, 3.8) is 0 Å². The Morgan fingerprint density at radius 1 is 0.429 bits per heavy atom. The maximum atomic E-state index is 5.87. The molecule has 0 aliphatic heterocycles. The molecule has 182 valence electrons. The molecule has 4 aromatic carbocycles. The SMILES string of the molecule is COc1cc(OC)c(C(c2cc(OC)c(OC)cc2OC)c2cccc3ccccc23)cc1OC. The molecule has 0 fully saturated rings. The quantitative estimate of drug-likeness (QED) is 0.274. The maximum Gasteiger partial charge on any atom is 0.164 e. The molecule has 6 heteroatoms. The molecule has 0 aromatic heterocycles. The molecule has 0 saturated carbocycles. The first-order valence-corrected chi connectivity index (χ1v) is 11.2. The Balaban J connectivity index is 2.12. The third-order valence-corrected chi connectivity index (χ3v) is 6.23. The van der Waals surface area contributed by atoms with E-state index in [0.717, 1.165) is 27.5 Å². The van der Waals surface area contributed by atoms with Gasteiger partial charge in [0.15, 0.2) is 23.0 Å². The van der Waals surface area contributed by atoms with E-state index in [9.17, 15) is 0 Å². The van der Waals surface area contributed by atoms with Gasteiger partial charge in [-0.2, -0.15) is 0 Å². The van der Waals surface area contributed by atoms with E-state index in [1.165, 1.54) is 0 Å². The van der Waals surface area contributed by atoms with Crippen LogP contribution in [0.15, 0.2) is 66.7 Å². The molecular weight excluding hydrogens is 444 g/mol. The lowest BCUT2D eigenvalue weighted by atomic mass is 9.81. The van der Waals surface area contributed by atoms with Crippen molar-refractivity contribution < 1.29 is 28.4 Å². The van der Waals surface area contributed by atoms with Crippen molar-refractivity contribution >= 4 is 10.8 Å². The van der Waals surface area contributed by atoms with Crippen LogP contribution in [0.3, 0.4) is 0 Å². The summed E-state index contributed by atoms with van der Waals surface area (Å²) >= 11 is 0. The van der Waals surface area contributed by atoms with Gasteiger partial charge in [-0.05, 0) is 28.5 Å². The summed E-state index contributed by atoms with van der Waals surface area (Å²) in [5.41, 5.74) is 2.87. The minimum atomic E-state index is -0.286. The summed E-state index contributed by atoms with van der Waals surface area (Å²) in [6, 6.07) is 22.2. The van der Waals surface area contributed by atoms with Crippen molar-refractivity contribution in [2.45, 2.75) is 5.92 Å². The van der Waals surface area contributed by atoms with Crippen LogP contribution in [0, 0.1) is 0 Å². The molecule has 0 aliphatic rings. The molecule has 6 nitrogen and oxygen atoms in total. The lowest BCUT2D eigenvalue weighted by Gasteiger charge is -2.26. The van der Waals surface area contributed by atoms with Crippen molar-refractivity contribution in [3.8, 4) is 34.5 Å². The van der Waals surface area contributed by atoms with Gasteiger partial charge in [0.25, 0.3) is 0 Å². The van der Waals surface area contributed by atoms with Crippen LogP contribution in [0.4, 0.5) is 0 Å².